The van der Waals surface area contributed by atoms with Gasteiger partial charge in [-0.25, -0.2) is 0 Å². The topological polar surface area (TPSA) is 49.8 Å². The maximum atomic E-state index is 11.1. The van der Waals surface area contributed by atoms with Crippen LogP contribution in [0, 0.1) is 0 Å². The highest BCUT2D eigenvalue weighted by molar-refractivity contribution is 5.91. The van der Waals surface area contributed by atoms with E-state index in [1.807, 2.05) is 0 Å². The Hall–Kier alpha value is -0.410. The van der Waals surface area contributed by atoms with Gasteiger partial charge < -0.3 is 9.84 Å². The number of carbonyl (C=O) groups excluding carboxylic acids is 1. The first-order chi connectivity index (χ1) is 4.63. The molecular formula is C7H10O3. The lowest BCUT2D eigenvalue weighted by Gasteiger charge is -2.15. The Morgan fingerprint density at radius 1 is 1.80 bits per heavy atom. The summed E-state index contributed by atoms with van der Waals surface area (Å²) in [5.41, 5.74) is -0.515. The molecule has 1 aliphatic heterocycles. The van der Waals surface area contributed by atoms with Crippen LogP contribution in [-0.2, 0) is 9.53 Å². The maximum Gasteiger partial charge on any atom is 0.169 e. The number of ketones is 1. The number of carbonyl (C=O) groups is 1. The summed E-state index contributed by atoms with van der Waals surface area (Å²) < 4.78 is 5.14. The van der Waals surface area contributed by atoms with Crippen LogP contribution in [0.1, 0.15) is 19.8 Å². The van der Waals surface area contributed by atoms with Gasteiger partial charge in [0.15, 0.2) is 5.78 Å². The number of fused-ring (bicyclic) bond motifs is 1. The van der Waals surface area contributed by atoms with Crippen molar-refractivity contribution in [3.63, 3.8) is 0 Å². The van der Waals surface area contributed by atoms with Gasteiger partial charge in [-0.2, -0.15) is 0 Å². The Balaban J connectivity index is 2.16. The second kappa shape index (κ2) is 1.60. The fourth-order valence-corrected chi connectivity index (χ4v) is 1.53. The quantitative estimate of drug-likeness (QED) is 0.479. The van der Waals surface area contributed by atoms with Gasteiger partial charge in [0.05, 0.1) is 12.2 Å². The van der Waals surface area contributed by atoms with Gasteiger partial charge in [-0.1, -0.05) is 0 Å². The van der Waals surface area contributed by atoms with E-state index in [9.17, 15) is 4.79 Å². The van der Waals surface area contributed by atoms with E-state index in [4.69, 9.17) is 9.84 Å². The Bertz CT molecular complexity index is 189. The molecule has 1 saturated heterocycles. The minimum atomic E-state index is -0.515. The zero-order valence-corrected chi connectivity index (χ0v) is 5.83. The molecule has 0 bridgehead atoms. The van der Waals surface area contributed by atoms with Crippen LogP contribution in [0.3, 0.4) is 0 Å². The van der Waals surface area contributed by atoms with Gasteiger partial charge in [0.2, 0.25) is 0 Å². The molecule has 2 aliphatic rings. The molecular weight excluding hydrogens is 132 g/mol. The lowest BCUT2D eigenvalue weighted by atomic mass is 9.88. The molecule has 3 atom stereocenters. The van der Waals surface area contributed by atoms with Crippen molar-refractivity contribution in [1.29, 1.82) is 0 Å². The van der Waals surface area contributed by atoms with Crippen molar-refractivity contribution >= 4 is 5.78 Å². The van der Waals surface area contributed by atoms with Gasteiger partial charge in [-0.15, -0.1) is 0 Å². The molecule has 0 amide bonds. The fraction of sp³-hybridized carbons (Fsp3) is 0.857. The second-order valence-corrected chi connectivity index (χ2v) is 3.23. The van der Waals surface area contributed by atoms with Gasteiger partial charge in [0, 0.05) is 12.8 Å². The van der Waals surface area contributed by atoms with Crippen LogP contribution in [-0.4, -0.2) is 28.7 Å². The summed E-state index contributed by atoms with van der Waals surface area (Å²) in [4.78, 5) is 11.1. The summed E-state index contributed by atoms with van der Waals surface area (Å²) in [7, 11) is 0. The van der Waals surface area contributed by atoms with E-state index in [0.29, 0.717) is 6.42 Å². The van der Waals surface area contributed by atoms with Crippen LogP contribution in [0.4, 0.5) is 0 Å². The summed E-state index contributed by atoms with van der Waals surface area (Å²) >= 11 is 0. The third kappa shape index (κ3) is 0.646. The van der Waals surface area contributed by atoms with Gasteiger partial charge in [-0.3, -0.25) is 4.79 Å². The van der Waals surface area contributed by atoms with Crippen LogP contribution in [0.25, 0.3) is 0 Å². The van der Waals surface area contributed by atoms with Crippen molar-refractivity contribution in [2.24, 2.45) is 0 Å². The monoisotopic (exact) mass is 142 g/mol. The smallest absolute Gasteiger partial charge is 0.169 e. The van der Waals surface area contributed by atoms with E-state index in [-0.39, 0.29) is 18.3 Å². The van der Waals surface area contributed by atoms with Crippen LogP contribution < -0.4 is 0 Å². The molecule has 1 aliphatic carbocycles. The molecule has 1 saturated carbocycles. The number of aliphatic hydroxyl groups is 1. The number of Topliss-reactive ketones (excluding diaryl/α,β-unsaturated/α-hetero) is 1. The SMILES string of the molecule is CC12OC1CC(O)CC2=O. The summed E-state index contributed by atoms with van der Waals surface area (Å²) in [6.45, 7) is 1.80. The molecule has 2 rings (SSSR count). The molecule has 0 spiro atoms. The molecule has 3 heteroatoms. The van der Waals surface area contributed by atoms with Gasteiger partial charge in [0.1, 0.15) is 5.60 Å². The average molecular weight is 142 g/mol. The number of ether oxygens (including phenoxy) is 1. The fourth-order valence-electron chi connectivity index (χ4n) is 1.53. The molecule has 0 radical (unpaired) electrons. The minimum Gasteiger partial charge on any atom is -0.393 e. The van der Waals surface area contributed by atoms with Crippen LogP contribution in [0.15, 0.2) is 0 Å². The standard InChI is InChI=1S/C7H10O3/c1-7-5(9)2-4(8)3-6(7)10-7/h4,6,8H,2-3H2,1H3. The minimum absolute atomic E-state index is 0.00347. The molecule has 0 aromatic heterocycles. The highest BCUT2D eigenvalue weighted by Crippen LogP contribution is 2.44. The first-order valence-corrected chi connectivity index (χ1v) is 3.52. The Kier molecular flexibility index (Phi) is 1.01. The molecule has 3 nitrogen and oxygen atoms in total. The Labute approximate surface area is 59.0 Å². The van der Waals surface area contributed by atoms with E-state index in [2.05, 4.69) is 0 Å². The Morgan fingerprint density at radius 2 is 2.50 bits per heavy atom. The molecule has 1 heterocycles. The Morgan fingerprint density at radius 3 is 3.10 bits per heavy atom. The van der Waals surface area contributed by atoms with Crippen molar-refractivity contribution in [3.8, 4) is 0 Å². The normalized spacial score (nSPS) is 52.4. The number of epoxide rings is 1. The lowest BCUT2D eigenvalue weighted by Crippen LogP contribution is -2.34. The van der Waals surface area contributed by atoms with Crippen molar-refractivity contribution in [2.45, 2.75) is 37.6 Å². The van der Waals surface area contributed by atoms with E-state index < -0.39 is 11.7 Å². The van der Waals surface area contributed by atoms with Crippen molar-refractivity contribution < 1.29 is 14.6 Å². The molecule has 2 fully saturated rings. The average Bonchev–Trinajstić information content (AvgIpc) is 2.42. The van der Waals surface area contributed by atoms with Crippen LogP contribution in [0.5, 0.6) is 0 Å². The molecule has 56 valence electrons. The predicted octanol–water partition coefficient (Wildman–Crippen LogP) is -0.132. The second-order valence-electron chi connectivity index (χ2n) is 3.23. The first-order valence-electron chi connectivity index (χ1n) is 3.52. The highest BCUT2D eigenvalue weighted by atomic mass is 16.6. The van der Waals surface area contributed by atoms with Gasteiger partial charge in [0.25, 0.3) is 0 Å². The van der Waals surface area contributed by atoms with E-state index in [1.165, 1.54) is 0 Å². The van der Waals surface area contributed by atoms with Crippen LogP contribution >= 0.6 is 0 Å². The van der Waals surface area contributed by atoms with Crippen molar-refractivity contribution in [2.75, 3.05) is 0 Å². The summed E-state index contributed by atoms with van der Waals surface area (Å²) in [5, 5.41) is 9.09. The third-order valence-electron chi connectivity index (χ3n) is 2.41. The number of hydrogen-bond acceptors (Lipinski definition) is 3. The number of hydrogen-bond donors (Lipinski definition) is 1. The van der Waals surface area contributed by atoms with E-state index >= 15 is 0 Å². The van der Waals surface area contributed by atoms with Gasteiger partial charge >= 0.3 is 0 Å². The highest BCUT2D eigenvalue weighted by Gasteiger charge is 2.61. The zero-order valence-electron chi connectivity index (χ0n) is 5.83. The molecule has 3 unspecified atom stereocenters. The third-order valence-corrected chi connectivity index (χ3v) is 2.41. The summed E-state index contributed by atoms with van der Waals surface area (Å²) in [6, 6.07) is 0. The van der Waals surface area contributed by atoms with Gasteiger partial charge in [-0.05, 0) is 6.92 Å². The van der Waals surface area contributed by atoms with Crippen molar-refractivity contribution in [3.05, 3.63) is 0 Å². The molecule has 0 aromatic carbocycles. The number of aliphatic hydroxyl groups excluding tert-OH is 1. The first kappa shape index (κ1) is 6.31. The maximum absolute atomic E-state index is 11.1. The van der Waals surface area contributed by atoms with E-state index in [0.717, 1.165) is 0 Å². The zero-order chi connectivity index (χ0) is 7.35. The molecule has 1 N–H and O–H groups in total. The predicted molar refractivity (Wildman–Crippen MR) is 33.5 cm³/mol. The lowest BCUT2D eigenvalue weighted by molar-refractivity contribution is -0.126. The summed E-state index contributed by atoms with van der Waals surface area (Å²) in [5.74, 6) is 0.0521. The molecule has 10 heavy (non-hydrogen) atoms. The number of rotatable bonds is 0. The summed E-state index contributed by atoms with van der Waals surface area (Å²) in [6.07, 6.45) is 0.437. The van der Waals surface area contributed by atoms with Crippen LogP contribution in [0.2, 0.25) is 0 Å². The van der Waals surface area contributed by atoms with Crippen molar-refractivity contribution in [1.82, 2.24) is 0 Å². The molecule has 0 aromatic rings. The largest absolute Gasteiger partial charge is 0.393 e. The van der Waals surface area contributed by atoms with E-state index in [1.54, 1.807) is 6.92 Å².